The van der Waals surface area contributed by atoms with Crippen LogP contribution >= 0.6 is 11.6 Å². The molecule has 1 heterocycles. The number of hydrogen-bond acceptors (Lipinski definition) is 3. The topological polar surface area (TPSA) is 72.0 Å². The van der Waals surface area contributed by atoms with Gasteiger partial charge in [-0.1, -0.05) is 17.7 Å². The molecule has 0 fully saturated rings. The van der Waals surface area contributed by atoms with E-state index in [2.05, 4.69) is 4.98 Å². The van der Waals surface area contributed by atoms with Crippen molar-refractivity contribution in [2.75, 3.05) is 0 Å². The lowest BCUT2D eigenvalue weighted by Gasteiger charge is -2.11. The standard InChI is InChI=1S/C14H14ClN3O/c1-9-3-2-4-11(18-9)8-19-13-7-10(15)5-6-12(13)14(16)17/h2-7H,8H2,1H3,(H3,16,17). The second kappa shape index (κ2) is 5.71. The molecule has 0 radical (unpaired) electrons. The Bertz CT molecular complexity index is 613. The minimum atomic E-state index is -0.0520. The van der Waals surface area contributed by atoms with Gasteiger partial charge in [0.15, 0.2) is 0 Å². The number of amidine groups is 1. The second-order valence-corrected chi connectivity index (χ2v) is 4.55. The Labute approximate surface area is 116 Å². The van der Waals surface area contributed by atoms with E-state index in [0.29, 0.717) is 22.9 Å². The van der Waals surface area contributed by atoms with Gasteiger partial charge in [0.2, 0.25) is 0 Å². The number of hydrogen-bond donors (Lipinski definition) is 2. The average molecular weight is 276 g/mol. The molecule has 2 aromatic rings. The van der Waals surface area contributed by atoms with Crippen LogP contribution in [0.4, 0.5) is 0 Å². The first-order valence-electron chi connectivity index (χ1n) is 5.75. The SMILES string of the molecule is Cc1cccc(COc2cc(Cl)ccc2C(=N)N)n1. The Kier molecular flexibility index (Phi) is 4.02. The van der Waals surface area contributed by atoms with E-state index in [1.165, 1.54) is 0 Å². The smallest absolute Gasteiger partial charge is 0.132 e. The maximum atomic E-state index is 7.50. The van der Waals surface area contributed by atoms with Gasteiger partial charge >= 0.3 is 0 Å². The molecule has 5 heteroatoms. The van der Waals surface area contributed by atoms with Crippen LogP contribution in [0.2, 0.25) is 5.02 Å². The van der Waals surface area contributed by atoms with Crippen molar-refractivity contribution >= 4 is 17.4 Å². The van der Waals surface area contributed by atoms with Gasteiger partial charge in [-0.3, -0.25) is 10.4 Å². The van der Waals surface area contributed by atoms with Crippen molar-refractivity contribution in [1.82, 2.24) is 4.98 Å². The van der Waals surface area contributed by atoms with E-state index in [0.717, 1.165) is 11.4 Å². The lowest BCUT2D eigenvalue weighted by atomic mass is 10.2. The van der Waals surface area contributed by atoms with Crippen molar-refractivity contribution in [2.24, 2.45) is 5.73 Å². The number of benzene rings is 1. The Morgan fingerprint density at radius 1 is 1.37 bits per heavy atom. The molecule has 1 aromatic heterocycles. The number of halogens is 1. The molecule has 19 heavy (non-hydrogen) atoms. The molecule has 0 aliphatic carbocycles. The monoisotopic (exact) mass is 275 g/mol. The third-order valence-corrected chi connectivity index (χ3v) is 2.79. The normalized spacial score (nSPS) is 10.2. The Morgan fingerprint density at radius 3 is 2.84 bits per heavy atom. The van der Waals surface area contributed by atoms with Crippen LogP contribution in [0.1, 0.15) is 17.0 Å². The van der Waals surface area contributed by atoms with E-state index in [1.54, 1.807) is 18.2 Å². The first kappa shape index (κ1) is 13.4. The molecule has 0 amide bonds. The number of pyridine rings is 1. The van der Waals surface area contributed by atoms with Gasteiger partial charge in [0, 0.05) is 10.7 Å². The fourth-order valence-corrected chi connectivity index (χ4v) is 1.83. The predicted octanol–water partition coefficient (Wildman–Crippen LogP) is 2.91. The zero-order chi connectivity index (χ0) is 13.8. The third-order valence-electron chi connectivity index (χ3n) is 2.56. The van der Waals surface area contributed by atoms with Crippen molar-refractivity contribution in [3.05, 3.63) is 58.4 Å². The second-order valence-electron chi connectivity index (χ2n) is 4.11. The molecule has 0 saturated heterocycles. The molecule has 4 nitrogen and oxygen atoms in total. The highest BCUT2D eigenvalue weighted by Crippen LogP contribution is 2.23. The molecule has 2 rings (SSSR count). The van der Waals surface area contributed by atoms with Crippen molar-refractivity contribution in [3.8, 4) is 5.75 Å². The molecular weight excluding hydrogens is 262 g/mol. The minimum absolute atomic E-state index is 0.0520. The van der Waals surface area contributed by atoms with Crippen LogP contribution in [0.5, 0.6) is 5.75 Å². The van der Waals surface area contributed by atoms with E-state index in [4.69, 9.17) is 27.5 Å². The van der Waals surface area contributed by atoms with Crippen molar-refractivity contribution < 1.29 is 4.74 Å². The summed E-state index contributed by atoms with van der Waals surface area (Å²) in [7, 11) is 0. The minimum Gasteiger partial charge on any atom is -0.486 e. The summed E-state index contributed by atoms with van der Waals surface area (Å²) in [6.07, 6.45) is 0. The van der Waals surface area contributed by atoms with E-state index >= 15 is 0 Å². The van der Waals surface area contributed by atoms with E-state index in [9.17, 15) is 0 Å². The number of rotatable bonds is 4. The van der Waals surface area contributed by atoms with Gasteiger partial charge < -0.3 is 10.5 Å². The summed E-state index contributed by atoms with van der Waals surface area (Å²) < 4.78 is 5.65. The zero-order valence-electron chi connectivity index (χ0n) is 10.5. The fourth-order valence-electron chi connectivity index (χ4n) is 1.67. The first-order chi connectivity index (χ1) is 9.06. The van der Waals surface area contributed by atoms with Crippen LogP contribution in [0.15, 0.2) is 36.4 Å². The molecule has 0 spiro atoms. The maximum absolute atomic E-state index is 7.50. The Hall–Kier alpha value is -2.07. The molecule has 0 aliphatic heterocycles. The van der Waals surface area contributed by atoms with Gasteiger partial charge in [0.25, 0.3) is 0 Å². The summed E-state index contributed by atoms with van der Waals surface area (Å²) in [6.45, 7) is 2.23. The number of aryl methyl sites for hydroxylation is 1. The summed E-state index contributed by atoms with van der Waals surface area (Å²) in [4.78, 5) is 4.34. The maximum Gasteiger partial charge on any atom is 0.132 e. The molecular formula is C14H14ClN3O. The highest BCUT2D eigenvalue weighted by molar-refractivity contribution is 6.30. The number of nitrogens with one attached hydrogen (secondary N) is 1. The third kappa shape index (κ3) is 3.45. The van der Waals surface area contributed by atoms with Gasteiger partial charge in [-0.05, 0) is 37.3 Å². The lowest BCUT2D eigenvalue weighted by Crippen LogP contribution is -2.13. The first-order valence-corrected chi connectivity index (χ1v) is 6.13. The van der Waals surface area contributed by atoms with Gasteiger partial charge in [0.05, 0.1) is 11.3 Å². The van der Waals surface area contributed by atoms with Crippen molar-refractivity contribution in [2.45, 2.75) is 13.5 Å². The predicted molar refractivity (Wildman–Crippen MR) is 75.8 cm³/mol. The molecule has 0 bridgehead atoms. The molecule has 0 aliphatic rings. The highest BCUT2D eigenvalue weighted by atomic mass is 35.5. The quantitative estimate of drug-likeness (QED) is 0.666. The average Bonchev–Trinajstić information content (AvgIpc) is 2.36. The van der Waals surface area contributed by atoms with Crippen molar-refractivity contribution in [1.29, 1.82) is 5.41 Å². The number of nitrogen functional groups attached to an aromatic ring is 1. The highest BCUT2D eigenvalue weighted by Gasteiger charge is 2.08. The van der Waals surface area contributed by atoms with E-state index < -0.39 is 0 Å². The number of ether oxygens (including phenoxy) is 1. The van der Waals surface area contributed by atoms with Gasteiger partial charge in [-0.15, -0.1) is 0 Å². The summed E-state index contributed by atoms with van der Waals surface area (Å²) in [5, 5.41) is 8.04. The number of aromatic nitrogens is 1. The molecule has 3 N–H and O–H groups in total. The van der Waals surface area contributed by atoms with Crippen LogP contribution in [0.25, 0.3) is 0 Å². The summed E-state index contributed by atoms with van der Waals surface area (Å²) >= 11 is 5.92. The molecule has 0 atom stereocenters. The van der Waals surface area contributed by atoms with Gasteiger partial charge in [-0.25, -0.2) is 0 Å². The number of nitrogens with two attached hydrogens (primary N) is 1. The summed E-state index contributed by atoms with van der Waals surface area (Å²) in [5.41, 5.74) is 7.77. The Morgan fingerprint density at radius 2 is 2.16 bits per heavy atom. The zero-order valence-corrected chi connectivity index (χ0v) is 11.2. The van der Waals surface area contributed by atoms with Gasteiger partial charge in [0.1, 0.15) is 18.2 Å². The lowest BCUT2D eigenvalue weighted by molar-refractivity contribution is 0.300. The van der Waals surface area contributed by atoms with Crippen LogP contribution in [0, 0.1) is 12.3 Å². The summed E-state index contributed by atoms with van der Waals surface area (Å²) in [6, 6.07) is 10.7. The largest absolute Gasteiger partial charge is 0.486 e. The summed E-state index contributed by atoms with van der Waals surface area (Å²) in [5.74, 6) is 0.437. The van der Waals surface area contributed by atoms with Crippen LogP contribution in [-0.4, -0.2) is 10.8 Å². The Balaban J connectivity index is 2.19. The van der Waals surface area contributed by atoms with Crippen LogP contribution in [-0.2, 0) is 6.61 Å². The molecule has 0 saturated carbocycles. The van der Waals surface area contributed by atoms with Crippen LogP contribution in [0.3, 0.4) is 0 Å². The number of nitrogens with zero attached hydrogens (tertiary/aromatic N) is 1. The molecule has 98 valence electrons. The fraction of sp³-hybridized carbons (Fsp3) is 0.143. The molecule has 1 aromatic carbocycles. The van der Waals surface area contributed by atoms with Crippen LogP contribution < -0.4 is 10.5 Å². The molecule has 0 unspecified atom stereocenters. The van der Waals surface area contributed by atoms with E-state index in [-0.39, 0.29) is 5.84 Å². The van der Waals surface area contributed by atoms with Crippen molar-refractivity contribution in [3.63, 3.8) is 0 Å². The van der Waals surface area contributed by atoms with E-state index in [1.807, 2.05) is 25.1 Å². The van der Waals surface area contributed by atoms with Gasteiger partial charge in [-0.2, -0.15) is 0 Å².